The molecule has 0 saturated heterocycles. The van der Waals surface area contributed by atoms with Crippen LogP contribution in [0.1, 0.15) is 35.6 Å². The van der Waals surface area contributed by atoms with Crippen molar-refractivity contribution in [3.63, 3.8) is 0 Å². The van der Waals surface area contributed by atoms with Crippen LogP contribution >= 0.6 is 0 Å². The van der Waals surface area contributed by atoms with E-state index in [1.807, 2.05) is 0 Å². The maximum absolute atomic E-state index is 6.05. The molecule has 0 spiro atoms. The standard InChI is InChI=1S/C11H15N/c1-8-4-2-5-9-6-3-7-10(12)11(8)9/h2,4-5,10H,3,6-7,12H2,1H3/t10-/m1/s1. The largest absolute Gasteiger partial charge is 0.324 e. The third kappa shape index (κ3) is 1.14. The number of hydrogen-bond donors (Lipinski definition) is 1. The molecule has 2 N–H and O–H groups in total. The SMILES string of the molecule is Cc1cccc2c1[C@H](N)CCC2. The Hall–Kier alpha value is -0.820. The van der Waals surface area contributed by atoms with Crippen molar-refractivity contribution in [1.82, 2.24) is 0 Å². The lowest BCUT2D eigenvalue weighted by Crippen LogP contribution is -2.18. The van der Waals surface area contributed by atoms with E-state index in [0.717, 1.165) is 6.42 Å². The van der Waals surface area contributed by atoms with E-state index in [0.29, 0.717) is 0 Å². The molecule has 2 rings (SSSR count). The first-order valence-corrected chi connectivity index (χ1v) is 4.63. The lowest BCUT2D eigenvalue weighted by atomic mass is 9.85. The molecule has 1 atom stereocenters. The minimum Gasteiger partial charge on any atom is -0.324 e. The quantitative estimate of drug-likeness (QED) is 0.621. The van der Waals surface area contributed by atoms with Gasteiger partial charge in [-0.25, -0.2) is 0 Å². The lowest BCUT2D eigenvalue weighted by Gasteiger charge is -2.23. The van der Waals surface area contributed by atoms with Crippen molar-refractivity contribution in [2.24, 2.45) is 5.73 Å². The van der Waals surface area contributed by atoms with Crippen molar-refractivity contribution in [2.45, 2.75) is 32.2 Å². The highest BCUT2D eigenvalue weighted by atomic mass is 14.6. The minimum absolute atomic E-state index is 0.287. The van der Waals surface area contributed by atoms with Crippen LogP contribution in [0.15, 0.2) is 18.2 Å². The highest BCUT2D eigenvalue weighted by Crippen LogP contribution is 2.29. The van der Waals surface area contributed by atoms with Crippen molar-refractivity contribution < 1.29 is 0 Å². The van der Waals surface area contributed by atoms with Crippen LogP contribution in [0.2, 0.25) is 0 Å². The van der Waals surface area contributed by atoms with Crippen molar-refractivity contribution in [2.75, 3.05) is 0 Å². The molecule has 0 radical (unpaired) electrons. The molecule has 0 bridgehead atoms. The van der Waals surface area contributed by atoms with Crippen molar-refractivity contribution in [3.05, 3.63) is 34.9 Å². The molecule has 12 heavy (non-hydrogen) atoms. The molecule has 1 aliphatic carbocycles. The zero-order chi connectivity index (χ0) is 8.55. The summed E-state index contributed by atoms with van der Waals surface area (Å²) in [5.74, 6) is 0. The summed E-state index contributed by atoms with van der Waals surface area (Å²) in [6, 6.07) is 6.78. The monoisotopic (exact) mass is 161 g/mol. The topological polar surface area (TPSA) is 26.0 Å². The third-order valence-corrected chi connectivity index (χ3v) is 2.75. The average Bonchev–Trinajstić information content (AvgIpc) is 2.04. The number of fused-ring (bicyclic) bond motifs is 1. The highest BCUT2D eigenvalue weighted by molar-refractivity contribution is 5.38. The van der Waals surface area contributed by atoms with Crippen LogP contribution < -0.4 is 5.73 Å². The fraction of sp³-hybridized carbons (Fsp3) is 0.455. The summed E-state index contributed by atoms with van der Waals surface area (Å²) in [5.41, 5.74) is 10.3. The minimum atomic E-state index is 0.287. The van der Waals surface area contributed by atoms with Gasteiger partial charge in [0, 0.05) is 6.04 Å². The van der Waals surface area contributed by atoms with Gasteiger partial charge < -0.3 is 5.73 Å². The van der Waals surface area contributed by atoms with Gasteiger partial charge in [-0.05, 0) is 42.9 Å². The van der Waals surface area contributed by atoms with Crippen LogP contribution in [-0.2, 0) is 6.42 Å². The Morgan fingerprint density at radius 3 is 3.00 bits per heavy atom. The molecule has 0 aromatic heterocycles. The normalized spacial score (nSPS) is 22.0. The predicted molar refractivity (Wildman–Crippen MR) is 51.0 cm³/mol. The first-order chi connectivity index (χ1) is 5.79. The Kier molecular flexibility index (Phi) is 1.89. The molecular formula is C11H15N. The molecule has 1 aromatic carbocycles. The van der Waals surface area contributed by atoms with E-state index in [1.165, 1.54) is 29.5 Å². The van der Waals surface area contributed by atoms with Crippen LogP contribution in [0, 0.1) is 6.92 Å². The first kappa shape index (κ1) is 7.81. The summed E-state index contributed by atoms with van der Waals surface area (Å²) in [4.78, 5) is 0. The molecule has 1 heteroatoms. The average molecular weight is 161 g/mol. The van der Waals surface area contributed by atoms with E-state index in [2.05, 4.69) is 25.1 Å². The van der Waals surface area contributed by atoms with E-state index in [4.69, 9.17) is 5.73 Å². The molecule has 0 fully saturated rings. The summed E-state index contributed by atoms with van der Waals surface area (Å²) in [7, 11) is 0. The molecule has 0 saturated carbocycles. The van der Waals surface area contributed by atoms with Gasteiger partial charge >= 0.3 is 0 Å². The maximum Gasteiger partial charge on any atom is 0.0300 e. The summed E-state index contributed by atoms with van der Waals surface area (Å²) in [6.45, 7) is 2.16. The van der Waals surface area contributed by atoms with Crippen LogP contribution in [0.5, 0.6) is 0 Å². The second-order valence-corrected chi connectivity index (χ2v) is 3.65. The Morgan fingerprint density at radius 2 is 2.25 bits per heavy atom. The molecule has 0 aliphatic heterocycles. The molecular weight excluding hydrogens is 146 g/mol. The predicted octanol–water partition coefficient (Wildman–Crippen LogP) is 2.33. The Labute approximate surface area is 73.6 Å². The number of benzene rings is 1. The van der Waals surface area contributed by atoms with Gasteiger partial charge in [0.2, 0.25) is 0 Å². The molecule has 64 valence electrons. The van der Waals surface area contributed by atoms with Crippen molar-refractivity contribution in [3.8, 4) is 0 Å². The summed E-state index contributed by atoms with van der Waals surface area (Å²) in [6.07, 6.45) is 3.61. The third-order valence-electron chi connectivity index (χ3n) is 2.75. The van der Waals surface area contributed by atoms with Crippen molar-refractivity contribution in [1.29, 1.82) is 0 Å². The molecule has 0 amide bonds. The second kappa shape index (κ2) is 2.91. The van der Waals surface area contributed by atoms with Gasteiger partial charge in [0.1, 0.15) is 0 Å². The number of hydrogen-bond acceptors (Lipinski definition) is 1. The van der Waals surface area contributed by atoms with Gasteiger partial charge in [-0.15, -0.1) is 0 Å². The molecule has 0 heterocycles. The fourth-order valence-electron chi connectivity index (χ4n) is 2.15. The Bertz CT molecular complexity index is 291. The summed E-state index contributed by atoms with van der Waals surface area (Å²) in [5, 5.41) is 0. The van der Waals surface area contributed by atoms with Gasteiger partial charge in [0.25, 0.3) is 0 Å². The van der Waals surface area contributed by atoms with Crippen LogP contribution in [0.25, 0.3) is 0 Å². The lowest BCUT2D eigenvalue weighted by molar-refractivity contribution is 0.567. The van der Waals surface area contributed by atoms with E-state index < -0.39 is 0 Å². The zero-order valence-electron chi connectivity index (χ0n) is 7.51. The fourth-order valence-corrected chi connectivity index (χ4v) is 2.15. The Morgan fingerprint density at radius 1 is 1.42 bits per heavy atom. The number of aryl methyl sites for hydroxylation is 2. The van der Waals surface area contributed by atoms with Gasteiger partial charge in [0.05, 0.1) is 0 Å². The van der Waals surface area contributed by atoms with Gasteiger partial charge in [-0.1, -0.05) is 18.2 Å². The molecule has 1 nitrogen and oxygen atoms in total. The second-order valence-electron chi connectivity index (χ2n) is 3.65. The van der Waals surface area contributed by atoms with Crippen molar-refractivity contribution >= 4 is 0 Å². The van der Waals surface area contributed by atoms with Crippen LogP contribution in [-0.4, -0.2) is 0 Å². The van der Waals surface area contributed by atoms with Gasteiger partial charge in [-0.2, -0.15) is 0 Å². The van der Waals surface area contributed by atoms with E-state index in [1.54, 1.807) is 0 Å². The molecule has 1 aromatic rings. The Balaban J connectivity index is 2.53. The first-order valence-electron chi connectivity index (χ1n) is 4.63. The maximum atomic E-state index is 6.05. The smallest absolute Gasteiger partial charge is 0.0300 e. The van der Waals surface area contributed by atoms with E-state index in [-0.39, 0.29) is 6.04 Å². The van der Waals surface area contributed by atoms with E-state index in [9.17, 15) is 0 Å². The summed E-state index contributed by atoms with van der Waals surface area (Å²) >= 11 is 0. The van der Waals surface area contributed by atoms with E-state index >= 15 is 0 Å². The highest BCUT2D eigenvalue weighted by Gasteiger charge is 2.17. The molecule has 0 unspecified atom stereocenters. The number of nitrogens with two attached hydrogens (primary N) is 1. The molecule has 1 aliphatic rings. The number of rotatable bonds is 0. The van der Waals surface area contributed by atoms with Gasteiger partial charge in [0.15, 0.2) is 0 Å². The zero-order valence-corrected chi connectivity index (χ0v) is 7.51. The van der Waals surface area contributed by atoms with Gasteiger partial charge in [-0.3, -0.25) is 0 Å². The summed E-state index contributed by atoms with van der Waals surface area (Å²) < 4.78 is 0. The van der Waals surface area contributed by atoms with Crippen LogP contribution in [0.4, 0.5) is 0 Å². The van der Waals surface area contributed by atoms with Crippen LogP contribution in [0.3, 0.4) is 0 Å².